The normalized spacial score (nSPS) is 10.7. The molecule has 0 radical (unpaired) electrons. The molecule has 0 unspecified atom stereocenters. The highest BCUT2D eigenvalue weighted by Gasteiger charge is 2.00. The van der Waals surface area contributed by atoms with Crippen LogP contribution < -0.4 is 0 Å². The van der Waals surface area contributed by atoms with E-state index in [1.807, 2.05) is 24.3 Å². The van der Waals surface area contributed by atoms with Crippen LogP contribution in [0.2, 0.25) is 0 Å². The molecule has 0 saturated heterocycles. The first kappa shape index (κ1) is 8.17. The molecule has 1 aromatic heterocycles. The Morgan fingerprint density at radius 3 is 2.60 bits per heavy atom. The van der Waals surface area contributed by atoms with Crippen molar-refractivity contribution in [3.63, 3.8) is 0 Å². The summed E-state index contributed by atoms with van der Waals surface area (Å²) in [4.78, 5) is 0. The van der Waals surface area contributed by atoms with Crippen LogP contribution in [0.4, 0.5) is 0 Å². The van der Waals surface area contributed by atoms with Crippen molar-refractivity contribution in [2.75, 3.05) is 0 Å². The molecule has 2 aromatic carbocycles. The van der Waals surface area contributed by atoms with E-state index in [4.69, 9.17) is 0 Å². The van der Waals surface area contributed by atoms with Gasteiger partial charge < -0.3 is 0 Å². The third-order valence-corrected chi connectivity index (χ3v) is 2.43. The van der Waals surface area contributed by atoms with Gasteiger partial charge in [-0.15, -0.1) is 5.10 Å². The first-order chi connectivity index (χ1) is 7.43. The first-order valence-electron chi connectivity index (χ1n) is 4.80. The minimum Gasteiger partial charge on any atom is -0.258 e. The van der Waals surface area contributed by atoms with Crippen LogP contribution in [-0.2, 0) is 0 Å². The predicted molar refractivity (Wildman–Crippen MR) is 59.3 cm³/mol. The van der Waals surface area contributed by atoms with Crippen molar-refractivity contribution < 1.29 is 0 Å². The molecule has 72 valence electrons. The molecule has 1 heterocycles. The Labute approximate surface area is 86.8 Å². The number of hydrogen-bond acceptors (Lipinski definition) is 2. The highest BCUT2D eigenvalue weighted by Crippen LogP contribution is 2.21. The predicted octanol–water partition coefficient (Wildman–Crippen LogP) is 2.62. The van der Waals surface area contributed by atoms with E-state index in [1.165, 1.54) is 11.1 Å². The monoisotopic (exact) mass is 195 g/mol. The lowest BCUT2D eigenvalue weighted by Crippen LogP contribution is -1.77. The van der Waals surface area contributed by atoms with Gasteiger partial charge in [0.25, 0.3) is 0 Å². The SMILES string of the molecule is c1ccc(-c2ccc3nn[nH]c3c2)cc1. The van der Waals surface area contributed by atoms with Crippen molar-refractivity contribution in [2.24, 2.45) is 0 Å². The fraction of sp³-hybridized carbons (Fsp3) is 0. The van der Waals surface area contributed by atoms with E-state index in [1.54, 1.807) is 0 Å². The Hall–Kier alpha value is -2.16. The molecule has 0 aliphatic rings. The zero-order valence-corrected chi connectivity index (χ0v) is 8.01. The highest BCUT2D eigenvalue weighted by molar-refractivity contribution is 5.80. The third kappa shape index (κ3) is 1.38. The van der Waals surface area contributed by atoms with Gasteiger partial charge in [0.1, 0.15) is 5.52 Å². The molecule has 0 fully saturated rings. The summed E-state index contributed by atoms with van der Waals surface area (Å²) in [6.07, 6.45) is 0. The zero-order chi connectivity index (χ0) is 10.1. The van der Waals surface area contributed by atoms with E-state index in [9.17, 15) is 0 Å². The lowest BCUT2D eigenvalue weighted by atomic mass is 10.1. The van der Waals surface area contributed by atoms with Crippen LogP contribution in [0, 0.1) is 0 Å². The number of nitrogens with one attached hydrogen (secondary N) is 1. The van der Waals surface area contributed by atoms with Crippen LogP contribution in [0.1, 0.15) is 0 Å². The van der Waals surface area contributed by atoms with Crippen molar-refractivity contribution >= 4 is 11.0 Å². The van der Waals surface area contributed by atoms with Gasteiger partial charge in [-0.25, -0.2) is 0 Å². The van der Waals surface area contributed by atoms with Crippen LogP contribution in [0.3, 0.4) is 0 Å². The maximum absolute atomic E-state index is 3.95. The number of H-pyrrole nitrogens is 1. The molecule has 0 aliphatic carbocycles. The molecule has 3 rings (SSSR count). The fourth-order valence-electron chi connectivity index (χ4n) is 1.66. The molecule has 0 atom stereocenters. The maximum Gasteiger partial charge on any atom is 0.112 e. The van der Waals surface area contributed by atoms with Crippen LogP contribution in [0.25, 0.3) is 22.2 Å². The molecular formula is C12H9N3. The van der Waals surface area contributed by atoms with Crippen LogP contribution >= 0.6 is 0 Å². The van der Waals surface area contributed by atoms with Crippen molar-refractivity contribution in [1.82, 2.24) is 15.4 Å². The van der Waals surface area contributed by atoms with Gasteiger partial charge in [0, 0.05) is 0 Å². The largest absolute Gasteiger partial charge is 0.258 e. The Kier molecular flexibility index (Phi) is 1.75. The summed E-state index contributed by atoms with van der Waals surface area (Å²) < 4.78 is 0. The van der Waals surface area contributed by atoms with Crippen LogP contribution in [0.15, 0.2) is 48.5 Å². The maximum atomic E-state index is 3.95. The lowest BCUT2D eigenvalue weighted by Gasteiger charge is -1.99. The highest BCUT2D eigenvalue weighted by atomic mass is 15.3. The average Bonchev–Trinajstić information content (AvgIpc) is 2.77. The number of aromatic amines is 1. The second kappa shape index (κ2) is 3.20. The van der Waals surface area contributed by atoms with E-state index in [0.29, 0.717) is 0 Å². The van der Waals surface area contributed by atoms with E-state index >= 15 is 0 Å². The van der Waals surface area contributed by atoms with Crippen molar-refractivity contribution in [3.05, 3.63) is 48.5 Å². The number of aromatic nitrogens is 3. The van der Waals surface area contributed by atoms with E-state index < -0.39 is 0 Å². The van der Waals surface area contributed by atoms with Gasteiger partial charge in [-0.1, -0.05) is 41.6 Å². The van der Waals surface area contributed by atoms with E-state index in [0.717, 1.165) is 11.0 Å². The van der Waals surface area contributed by atoms with Gasteiger partial charge >= 0.3 is 0 Å². The molecule has 3 aromatic rings. The Morgan fingerprint density at radius 1 is 0.867 bits per heavy atom. The van der Waals surface area contributed by atoms with Crippen molar-refractivity contribution in [1.29, 1.82) is 0 Å². The molecule has 0 saturated carbocycles. The van der Waals surface area contributed by atoms with E-state index in [2.05, 4.69) is 39.7 Å². The van der Waals surface area contributed by atoms with Gasteiger partial charge in [0.15, 0.2) is 0 Å². The fourth-order valence-corrected chi connectivity index (χ4v) is 1.66. The number of hydrogen-bond donors (Lipinski definition) is 1. The summed E-state index contributed by atoms with van der Waals surface area (Å²) >= 11 is 0. The third-order valence-electron chi connectivity index (χ3n) is 2.43. The molecule has 0 spiro atoms. The topological polar surface area (TPSA) is 41.6 Å². The van der Waals surface area contributed by atoms with Crippen LogP contribution in [0.5, 0.6) is 0 Å². The summed E-state index contributed by atoms with van der Waals surface area (Å²) in [7, 11) is 0. The van der Waals surface area contributed by atoms with Gasteiger partial charge in [0.2, 0.25) is 0 Å². The quantitative estimate of drug-likeness (QED) is 0.648. The van der Waals surface area contributed by atoms with Gasteiger partial charge in [-0.3, -0.25) is 5.10 Å². The lowest BCUT2D eigenvalue weighted by molar-refractivity contribution is 0.959. The Morgan fingerprint density at radius 2 is 1.73 bits per heavy atom. The van der Waals surface area contributed by atoms with Crippen molar-refractivity contribution in [3.8, 4) is 11.1 Å². The summed E-state index contributed by atoms with van der Waals surface area (Å²) in [5.74, 6) is 0. The molecule has 0 aliphatic heterocycles. The molecule has 3 heteroatoms. The smallest absolute Gasteiger partial charge is 0.112 e. The molecule has 0 amide bonds. The minimum absolute atomic E-state index is 0.898. The molecule has 3 nitrogen and oxygen atoms in total. The number of benzene rings is 2. The summed E-state index contributed by atoms with van der Waals surface area (Å²) in [6, 6.07) is 16.3. The number of fused-ring (bicyclic) bond motifs is 1. The van der Waals surface area contributed by atoms with Crippen molar-refractivity contribution in [2.45, 2.75) is 0 Å². The van der Waals surface area contributed by atoms with Crippen LogP contribution in [-0.4, -0.2) is 15.4 Å². The second-order valence-electron chi connectivity index (χ2n) is 3.41. The second-order valence-corrected chi connectivity index (χ2v) is 3.41. The standard InChI is InChI=1S/C12H9N3/c1-2-4-9(5-3-1)10-6-7-11-12(8-10)14-15-13-11/h1-8H,(H,13,14,15). The van der Waals surface area contributed by atoms with Gasteiger partial charge in [0.05, 0.1) is 5.52 Å². The average molecular weight is 195 g/mol. The first-order valence-corrected chi connectivity index (χ1v) is 4.80. The minimum atomic E-state index is 0.898. The van der Waals surface area contributed by atoms with Gasteiger partial charge in [-0.05, 0) is 23.3 Å². The Balaban J connectivity index is 2.19. The molecule has 1 N–H and O–H groups in total. The van der Waals surface area contributed by atoms with E-state index in [-0.39, 0.29) is 0 Å². The molecule has 15 heavy (non-hydrogen) atoms. The zero-order valence-electron chi connectivity index (χ0n) is 8.01. The number of nitrogens with zero attached hydrogens (tertiary/aromatic N) is 2. The molecule has 0 bridgehead atoms. The number of rotatable bonds is 1. The summed E-state index contributed by atoms with van der Waals surface area (Å²) in [6.45, 7) is 0. The summed E-state index contributed by atoms with van der Waals surface area (Å²) in [5.41, 5.74) is 4.24. The van der Waals surface area contributed by atoms with Gasteiger partial charge in [-0.2, -0.15) is 0 Å². The summed E-state index contributed by atoms with van der Waals surface area (Å²) in [5, 5.41) is 10.6. The molecular weight excluding hydrogens is 186 g/mol. The Bertz CT molecular complexity index is 584.